The third kappa shape index (κ3) is 2.81. The van der Waals surface area contributed by atoms with Crippen LogP contribution in [0.15, 0.2) is 18.2 Å². The zero-order valence-electron chi connectivity index (χ0n) is 12.1. The van der Waals surface area contributed by atoms with Crippen LogP contribution >= 0.6 is 0 Å². The zero-order chi connectivity index (χ0) is 14.0. The molecule has 1 aromatic carbocycles. The Morgan fingerprint density at radius 3 is 2.79 bits per heavy atom. The summed E-state index contributed by atoms with van der Waals surface area (Å²) in [5.74, 6) is 0.579. The molecule has 1 heterocycles. The number of anilines is 1. The van der Waals surface area contributed by atoms with Gasteiger partial charge in [0.2, 0.25) is 5.91 Å². The number of aryl methyl sites for hydroxylation is 1. The molecule has 1 amide bonds. The number of amides is 1. The molecule has 1 aliphatic rings. The molecular formula is C16H24N2O. The van der Waals surface area contributed by atoms with Crippen LogP contribution in [0.5, 0.6) is 0 Å². The van der Waals surface area contributed by atoms with Gasteiger partial charge in [0.15, 0.2) is 0 Å². The Morgan fingerprint density at radius 1 is 1.42 bits per heavy atom. The molecular weight excluding hydrogens is 236 g/mol. The highest BCUT2D eigenvalue weighted by Crippen LogP contribution is 2.30. The van der Waals surface area contributed by atoms with E-state index in [1.54, 1.807) is 0 Å². The van der Waals surface area contributed by atoms with Crippen LogP contribution < -0.4 is 10.6 Å². The zero-order valence-corrected chi connectivity index (χ0v) is 12.1. The molecule has 2 rings (SSSR count). The van der Waals surface area contributed by atoms with Crippen molar-refractivity contribution in [2.24, 2.45) is 5.73 Å². The minimum Gasteiger partial charge on any atom is -0.320 e. The maximum Gasteiger partial charge on any atom is 0.243 e. The van der Waals surface area contributed by atoms with Crippen LogP contribution in [0.25, 0.3) is 0 Å². The van der Waals surface area contributed by atoms with Gasteiger partial charge in [0.05, 0.1) is 6.04 Å². The minimum absolute atomic E-state index is 0.0562. The van der Waals surface area contributed by atoms with Crippen molar-refractivity contribution in [3.63, 3.8) is 0 Å². The van der Waals surface area contributed by atoms with E-state index in [4.69, 9.17) is 5.73 Å². The van der Waals surface area contributed by atoms with Crippen molar-refractivity contribution in [2.45, 2.75) is 52.0 Å². The lowest BCUT2D eigenvalue weighted by atomic mass is 9.94. The summed E-state index contributed by atoms with van der Waals surface area (Å²) in [5, 5.41) is 0. The fourth-order valence-electron chi connectivity index (χ4n) is 2.58. The molecule has 2 N–H and O–H groups in total. The van der Waals surface area contributed by atoms with Gasteiger partial charge in [-0.05, 0) is 42.4 Å². The first-order chi connectivity index (χ1) is 9.04. The molecule has 1 aliphatic heterocycles. The summed E-state index contributed by atoms with van der Waals surface area (Å²) in [5.41, 5.74) is 9.58. The fourth-order valence-corrected chi connectivity index (χ4v) is 2.58. The number of fused-ring (bicyclic) bond motifs is 1. The van der Waals surface area contributed by atoms with Crippen LogP contribution in [0.2, 0.25) is 0 Å². The minimum atomic E-state index is -0.379. The van der Waals surface area contributed by atoms with Crippen LogP contribution in [0.4, 0.5) is 5.69 Å². The van der Waals surface area contributed by atoms with E-state index in [0.717, 1.165) is 25.1 Å². The Morgan fingerprint density at radius 2 is 2.16 bits per heavy atom. The summed E-state index contributed by atoms with van der Waals surface area (Å²) in [4.78, 5) is 14.2. The molecule has 0 aliphatic carbocycles. The summed E-state index contributed by atoms with van der Waals surface area (Å²) in [6.45, 7) is 7.14. The molecule has 3 heteroatoms. The van der Waals surface area contributed by atoms with E-state index in [9.17, 15) is 4.79 Å². The van der Waals surface area contributed by atoms with Gasteiger partial charge >= 0.3 is 0 Å². The highest BCUT2D eigenvalue weighted by molar-refractivity contribution is 5.98. The summed E-state index contributed by atoms with van der Waals surface area (Å²) < 4.78 is 0. The van der Waals surface area contributed by atoms with Crippen LogP contribution in [0.1, 0.15) is 50.7 Å². The third-order valence-corrected chi connectivity index (χ3v) is 3.91. The van der Waals surface area contributed by atoms with Crippen LogP contribution in [0.3, 0.4) is 0 Å². The summed E-state index contributed by atoms with van der Waals surface area (Å²) in [6.07, 6.45) is 2.77. The molecule has 1 unspecified atom stereocenters. The van der Waals surface area contributed by atoms with Crippen molar-refractivity contribution in [3.8, 4) is 0 Å². The van der Waals surface area contributed by atoms with E-state index in [2.05, 4.69) is 32.0 Å². The van der Waals surface area contributed by atoms with E-state index in [1.807, 2.05) is 11.8 Å². The maximum absolute atomic E-state index is 12.3. The van der Waals surface area contributed by atoms with Crippen molar-refractivity contribution in [1.29, 1.82) is 0 Å². The van der Waals surface area contributed by atoms with Crippen molar-refractivity contribution in [2.75, 3.05) is 11.4 Å². The molecule has 104 valence electrons. The number of nitrogens with zero attached hydrogens (tertiary/aromatic N) is 1. The first-order valence-electron chi connectivity index (χ1n) is 7.24. The van der Waals surface area contributed by atoms with E-state index in [-0.39, 0.29) is 11.9 Å². The van der Waals surface area contributed by atoms with Crippen LogP contribution in [0, 0.1) is 0 Å². The summed E-state index contributed by atoms with van der Waals surface area (Å²) >= 11 is 0. The predicted octanol–water partition coefficient (Wildman–Crippen LogP) is 2.83. The second-order valence-electron chi connectivity index (χ2n) is 5.65. The molecule has 0 fully saturated rings. The molecule has 3 nitrogen and oxygen atoms in total. The van der Waals surface area contributed by atoms with E-state index >= 15 is 0 Å². The summed E-state index contributed by atoms with van der Waals surface area (Å²) in [6, 6.07) is 6.09. The van der Waals surface area contributed by atoms with Crippen LogP contribution in [-0.4, -0.2) is 18.5 Å². The van der Waals surface area contributed by atoms with Crippen molar-refractivity contribution < 1.29 is 4.79 Å². The van der Waals surface area contributed by atoms with Gasteiger partial charge in [-0.1, -0.05) is 32.9 Å². The second kappa shape index (κ2) is 5.74. The number of carbonyl (C=O) groups excluding carboxylic acids is 1. The van der Waals surface area contributed by atoms with Crippen LogP contribution in [-0.2, 0) is 11.2 Å². The largest absolute Gasteiger partial charge is 0.320 e. The van der Waals surface area contributed by atoms with Crippen molar-refractivity contribution in [3.05, 3.63) is 29.3 Å². The molecule has 1 aromatic rings. The number of rotatable bonds is 3. The van der Waals surface area contributed by atoms with Gasteiger partial charge in [0, 0.05) is 12.2 Å². The van der Waals surface area contributed by atoms with Crippen molar-refractivity contribution in [1.82, 2.24) is 0 Å². The number of hydrogen-bond acceptors (Lipinski definition) is 2. The standard InChI is InChI=1S/C16H24N2O/c1-4-14(17)16(19)18-9-5-6-13-10-12(11(2)3)7-8-15(13)18/h7-8,10-11,14H,4-6,9,17H2,1-3H3. The highest BCUT2D eigenvalue weighted by Gasteiger charge is 2.25. The SMILES string of the molecule is CCC(N)C(=O)N1CCCc2cc(C(C)C)ccc21. The number of benzene rings is 1. The highest BCUT2D eigenvalue weighted by atomic mass is 16.2. The molecule has 0 spiro atoms. The normalized spacial score (nSPS) is 16.4. The summed E-state index contributed by atoms with van der Waals surface area (Å²) in [7, 11) is 0. The fraction of sp³-hybridized carbons (Fsp3) is 0.562. The average molecular weight is 260 g/mol. The first-order valence-corrected chi connectivity index (χ1v) is 7.24. The van der Waals surface area contributed by atoms with Gasteiger partial charge in [-0.15, -0.1) is 0 Å². The van der Waals surface area contributed by atoms with Gasteiger partial charge in [0.1, 0.15) is 0 Å². The van der Waals surface area contributed by atoms with Gasteiger partial charge < -0.3 is 10.6 Å². The molecule has 0 bridgehead atoms. The van der Waals surface area contributed by atoms with E-state index in [1.165, 1.54) is 11.1 Å². The average Bonchev–Trinajstić information content (AvgIpc) is 2.44. The monoisotopic (exact) mass is 260 g/mol. The number of nitrogens with two attached hydrogens (primary N) is 1. The first kappa shape index (κ1) is 14.1. The number of carbonyl (C=O) groups is 1. The van der Waals surface area contributed by atoms with Crippen molar-refractivity contribution >= 4 is 11.6 Å². The molecule has 0 saturated carbocycles. The number of hydrogen-bond donors (Lipinski definition) is 1. The Hall–Kier alpha value is -1.35. The predicted molar refractivity (Wildman–Crippen MR) is 79.5 cm³/mol. The van der Waals surface area contributed by atoms with Gasteiger partial charge in [-0.3, -0.25) is 4.79 Å². The Labute approximate surface area is 115 Å². The van der Waals surface area contributed by atoms with Gasteiger partial charge in [0.25, 0.3) is 0 Å². The lowest BCUT2D eigenvalue weighted by Crippen LogP contribution is -2.45. The Bertz CT molecular complexity index is 468. The molecule has 0 saturated heterocycles. The smallest absolute Gasteiger partial charge is 0.243 e. The molecule has 0 aromatic heterocycles. The quantitative estimate of drug-likeness (QED) is 0.908. The van der Waals surface area contributed by atoms with E-state index < -0.39 is 0 Å². The lowest BCUT2D eigenvalue weighted by Gasteiger charge is -2.31. The topological polar surface area (TPSA) is 46.3 Å². The molecule has 19 heavy (non-hydrogen) atoms. The Balaban J connectivity index is 2.32. The van der Waals surface area contributed by atoms with Gasteiger partial charge in [-0.2, -0.15) is 0 Å². The lowest BCUT2D eigenvalue weighted by molar-refractivity contribution is -0.120. The maximum atomic E-state index is 12.3. The molecule has 0 radical (unpaired) electrons. The van der Waals surface area contributed by atoms with Gasteiger partial charge in [-0.25, -0.2) is 0 Å². The molecule has 1 atom stereocenters. The third-order valence-electron chi connectivity index (χ3n) is 3.91. The Kier molecular flexibility index (Phi) is 4.25. The second-order valence-corrected chi connectivity index (χ2v) is 5.65. The van der Waals surface area contributed by atoms with E-state index in [0.29, 0.717) is 12.3 Å².